The number of amides is 1. The summed E-state index contributed by atoms with van der Waals surface area (Å²) in [6.45, 7) is 5.72. The molecule has 0 atom stereocenters. The first-order chi connectivity index (χ1) is 13.5. The van der Waals surface area contributed by atoms with Crippen molar-refractivity contribution < 1.29 is 4.79 Å². The van der Waals surface area contributed by atoms with E-state index in [0.717, 1.165) is 42.8 Å². The average Bonchev–Trinajstić information content (AvgIpc) is 3.12. The Hall–Kier alpha value is -2.67. The molecule has 0 saturated carbocycles. The van der Waals surface area contributed by atoms with Crippen LogP contribution >= 0.6 is 11.6 Å². The van der Waals surface area contributed by atoms with Crippen LogP contribution in [0.5, 0.6) is 0 Å². The van der Waals surface area contributed by atoms with Crippen LogP contribution in [0.1, 0.15) is 32.7 Å². The number of hydrogen-bond acceptors (Lipinski definition) is 5. The zero-order valence-electron chi connectivity index (χ0n) is 16.0. The molecule has 1 aliphatic rings. The van der Waals surface area contributed by atoms with E-state index in [0.29, 0.717) is 10.7 Å². The molecule has 28 heavy (non-hydrogen) atoms. The van der Waals surface area contributed by atoms with Gasteiger partial charge in [0.25, 0.3) is 0 Å². The number of halogens is 1. The van der Waals surface area contributed by atoms with Crippen LogP contribution in [-0.2, 0) is 4.79 Å². The van der Waals surface area contributed by atoms with Gasteiger partial charge in [-0.3, -0.25) is 4.79 Å². The summed E-state index contributed by atoms with van der Waals surface area (Å²) in [5, 5.41) is 8.94. The fourth-order valence-electron chi connectivity index (χ4n) is 3.56. The van der Waals surface area contributed by atoms with E-state index in [1.54, 1.807) is 18.6 Å². The Balaban J connectivity index is 1.38. The highest BCUT2D eigenvalue weighted by Crippen LogP contribution is 2.25. The third-order valence-electron chi connectivity index (χ3n) is 5.09. The number of fused-ring (bicyclic) bond motifs is 1. The second kappa shape index (κ2) is 7.75. The molecule has 7 nitrogen and oxygen atoms in total. The minimum absolute atomic E-state index is 0.0161. The summed E-state index contributed by atoms with van der Waals surface area (Å²) in [6.07, 6.45) is 6.72. The second-order valence-electron chi connectivity index (χ2n) is 7.40. The minimum atomic E-state index is -0.0161. The predicted octanol–water partition coefficient (Wildman–Crippen LogP) is 3.92. The van der Waals surface area contributed by atoms with Crippen molar-refractivity contribution in [2.24, 2.45) is 5.92 Å². The lowest BCUT2D eigenvalue weighted by molar-refractivity contribution is -0.120. The molecule has 1 amide bonds. The van der Waals surface area contributed by atoms with Gasteiger partial charge in [-0.15, -0.1) is 0 Å². The molecule has 0 aliphatic carbocycles. The lowest BCUT2D eigenvalue weighted by Gasteiger charge is -2.32. The van der Waals surface area contributed by atoms with Crippen LogP contribution < -0.4 is 10.2 Å². The molecule has 0 radical (unpaired) electrons. The number of rotatable bonds is 4. The number of anilines is 2. The van der Waals surface area contributed by atoms with E-state index in [9.17, 15) is 4.79 Å². The topological polar surface area (TPSA) is 75.9 Å². The molecule has 1 fully saturated rings. The maximum atomic E-state index is 12.7. The van der Waals surface area contributed by atoms with Gasteiger partial charge in [0.1, 0.15) is 5.82 Å². The Kier molecular flexibility index (Phi) is 5.17. The van der Waals surface area contributed by atoms with Crippen LogP contribution in [-0.4, -0.2) is 38.7 Å². The molecule has 1 N–H and O–H groups in total. The summed E-state index contributed by atoms with van der Waals surface area (Å²) < 4.78 is 1.88. The molecule has 1 aliphatic heterocycles. The molecule has 0 spiro atoms. The zero-order chi connectivity index (χ0) is 19.7. The number of carbonyl (C=O) groups is 1. The first kappa shape index (κ1) is 18.7. The van der Waals surface area contributed by atoms with E-state index in [1.807, 2.05) is 22.9 Å². The zero-order valence-corrected chi connectivity index (χ0v) is 16.7. The van der Waals surface area contributed by atoms with E-state index in [2.05, 4.69) is 39.1 Å². The monoisotopic (exact) mass is 398 g/mol. The van der Waals surface area contributed by atoms with Crippen LogP contribution in [0, 0.1) is 5.92 Å². The molecule has 146 valence electrons. The molecule has 3 aromatic rings. The molecule has 0 unspecified atom stereocenters. The molecule has 0 bridgehead atoms. The third-order valence-corrected chi connectivity index (χ3v) is 5.32. The van der Waals surface area contributed by atoms with Crippen molar-refractivity contribution in [3.63, 3.8) is 0 Å². The Bertz CT molecular complexity index is 976. The number of carbonyl (C=O) groups excluding carboxylic acids is 1. The lowest BCUT2D eigenvalue weighted by atomic mass is 9.96. The van der Waals surface area contributed by atoms with Crippen LogP contribution in [0.3, 0.4) is 0 Å². The maximum absolute atomic E-state index is 12.7. The lowest BCUT2D eigenvalue weighted by Crippen LogP contribution is -2.38. The summed E-state index contributed by atoms with van der Waals surface area (Å²) in [6, 6.07) is 5.93. The first-order valence-electron chi connectivity index (χ1n) is 9.52. The van der Waals surface area contributed by atoms with E-state index in [-0.39, 0.29) is 17.9 Å². The van der Waals surface area contributed by atoms with Crippen LogP contribution in [0.25, 0.3) is 11.0 Å². The van der Waals surface area contributed by atoms with Gasteiger partial charge in [-0.1, -0.05) is 11.6 Å². The number of hydrogen-bond donors (Lipinski definition) is 1. The van der Waals surface area contributed by atoms with Gasteiger partial charge in [0.05, 0.1) is 23.1 Å². The van der Waals surface area contributed by atoms with Crippen LogP contribution in [0.4, 0.5) is 11.5 Å². The number of pyridine rings is 2. The number of nitrogens with zero attached hydrogens (tertiary/aromatic N) is 5. The highest BCUT2D eigenvalue weighted by molar-refractivity contribution is 6.30. The predicted molar refractivity (Wildman–Crippen MR) is 111 cm³/mol. The minimum Gasteiger partial charge on any atom is -0.357 e. The van der Waals surface area contributed by atoms with Gasteiger partial charge in [0.2, 0.25) is 5.91 Å². The molecule has 4 rings (SSSR count). The third kappa shape index (κ3) is 3.80. The maximum Gasteiger partial charge on any atom is 0.227 e. The average molecular weight is 399 g/mol. The fourth-order valence-corrected chi connectivity index (χ4v) is 3.67. The van der Waals surface area contributed by atoms with Gasteiger partial charge >= 0.3 is 0 Å². The molecule has 3 aromatic heterocycles. The van der Waals surface area contributed by atoms with Gasteiger partial charge in [0.15, 0.2) is 5.65 Å². The number of nitrogens with one attached hydrogen (secondary N) is 1. The van der Waals surface area contributed by atoms with Crippen molar-refractivity contribution in [3.05, 3.63) is 41.8 Å². The van der Waals surface area contributed by atoms with E-state index in [1.165, 1.54) is 0 Å². The van der Waals surface area contributed by atoms with Gasteiger partial charge in [-0.25, -0.2) is 14.6 Å². The van der Waals surface area contributed by atoms with E-state index in [4.69, 9.17) is 11.6 Å². The van der Waals surface area contributed by atoms with Crippen molar-refractivity contribution in [2.75, 3.05) is 23.3 Å². The second-order valence-corrected chi connectivity index (χ2v) is 7.84. The standard InChI is InChI=1S/C20H23ClN6O/c1-13(2)27-19-15(10-24-27)9-17(12-23-19)25-20(28)14-5-7-26(8-6-14)18-4-3-16(21)11-22-18/h3-4,9-14H,5-8H2,1-2H3,(H,25,28). The van der Waals surface area contributed by atoms with Crippen molar-refractivity contribution in [3.8, 4) is 0 Å². The number of piperidine rings is 1. The Labute approximate surface area is 168 Å². The van der Waals surface area contributed by atoms with Gasteiger partial charge in [-0.2, -0.15) is 5.10 Å². The molecule has 8 heteroatoms. The molecule has 4 heterocycles. The summed E-state index contributed by atoms with van der Waals surface area (Å²) in [4.78, 5) is 23.7. The van der Waals surface area contributed by atoms with Crippen LogP contribution in [0.15, 0.2) is 36.8 Å². The molecular weight excluding hydrogens is 376 g/mol. The molecule has 0 aromatic carbocycles. The summed E-state index contributed by atoms with van der Waals surface area (Å²) in [7, 11) is 0. The summed E-state index contributed by atoms with van der Waals surface area (Å²) >= 11 is 5.90. The molecular formula is C20H23ClN6O. The van der Waals surface area contributed by atoms with Crippen molar-refractivity contribution in [1.29, 1.82) is 0 Å². The quantitative estimate of drug-likeness (QED) is 0.720. The highest BCUT2D eigenvalue weighted by Gasteiger charge is 2.26. The van der Waals surface area contributed by atoms with Crippen molar-refractivity contribution in [2.45, 2.75) is 32.7 Å². The molecule has 1 saturated heterocycles. The number of aromatic nitrogens is 4. The smallest absolute Gasteiger partial charge is 0.227 e. The first-order valence-corrected chi connectivity index (χ1v) is 9.89. The normalized spacial score (nSPS) is 15.4. The van der Waals surface area contributed by atoms with Crippen molar-refractivity contribution >= 4 is 40.0 Å². The largest absolute Gasteiger partial charge is 0.357 e. The summed E-state index contributed by atoms with van der Waals surface area (Å²) in [5.74, 6) is 0.929. The van der Waals surface area contributed by atoms with E-state index >= 15 is 0 Å². The fraction of sp³-hybridized carbons (Fsp3) is 0.400. The van der Waals surface area contributed by atoms with Gasteiger partial charge in [0, 0.05) is 36.6 Å². The van der Waals surface area contributed by atoms with E-state index < -0.39 is 0 Å². The summed E-state index contributed by atoms with van der Waals surface area (Å²) in [5.41, 5.74) is 1.54. The highest BCUT2D eigenvalue weighted by atomic mass is 35.5. The van der Waals surface area contributed by atoms with Gasteiger partial charge < -0.3 is 10.2 Å². The Morgan fingerprint density at radius 2 is 1.96 bits per heavy atom. The van der Waals surface area contributed by atoms with Crippen LogP contribution in [0.2, 0.25) is 5.02 Å². The Morgan fingerprint density at radius 3 is 2.64 bits per heavy atom. The Morgan fingerprint density at radius 1 is 1.18 bits per heavy atom. The SMILES string of the molecule is CC(C)n1ncc2cc(NC(=O)C3CCN(c4ccc(Cl)cn4)CC3)cnc21. The van der Waals surface area contributed by atoms with Crippen molar-refractivity contribution in [1.82, 2.24) is 19.7 Å². The van der Waals surface area contributed by atoms with Gasteiger partial charge in [-0.05, 0) is 44.9 Å².